The number of aromatic nitrogens is 3. The second-order valence-electron chi connectivity index (χ2n) is 8.17. The van der Waals surface area contributed by atoms with Crippen LogP contribution in [-0.4, -0.2) is 38.2 Å². The Labute approximate surface area is 200 Å². The number of hydrogen-bond donors (Lipinski definition) is 1. The first-order valence-corrected chi connectivity index (χ1v) is 10.9. The van der Waals surface area contributed by atoms with Gasteiger partial charge in [0.15, 0.2) is 12.3 Å². The van der Waals surface area contributed by atoms with E-state index in [-0.39, 0.29) is 23.0 Å². The van der Waals surface area contributed by atoms with Crippen molar-refractivity contribution >= 4 is 34.3 Å². The molecule has 0 fully saturated rings. The van der Waals surface area contributed by atoms with Gasteiger partial charge in [-0.05, 0) is 32.9 Å². The van der Waals surface area contributed by atoms with Gasteiger partial charge in [0.1, 0.15) is 0 Å². The van der Waals surface area contributed by atoms with E-state index in [1.807, 2.05) is 44.2 Å². The smallest absolute Gasteiger partial charge is 0.339 e. The van der Waals surface area contributed by atoms with Gasteiger partial charge < -0.3 is 10.1 Å². The topological polar surface area (TPSA) is 129 Å². The minimum Gasteiger partial charge on any atom is -0.452 e. The summed E-state index contributed by atoms with van der Waals surface area (Å²) in [5.74, 6) is -1.32. The molecule has 4 rings (SSSR count). The van der Waals surface area contributed by atoms with Crippen molar-refractivity contribution in [1.82, 2.24) is 14.8 Å². The van der Waals surface area contributed by atoms with Crippen LogP contribution in [0.5, 0.6) is 0 Å². The minimum absolute atomic E-state index is 0.0128. The molecule has 0 saturated heterocycles. The van der Waals surface area contributed by atoms with Crippen LogP contribution in [0.4, 0.5) is 11.4 Å². The zero-order valence-corrected chi connectivity index (χ0v) is 19.4. The highest BCUT2D eigenvalue weighted by Gasteiger charge is 2.21. The Morgan fingerprint density at radius 3 is 2.57 bits per heavy atom. The highest BCUT2D eigenvalue weighted by atomic mass is 16.6. The Balaban J connectivity index is 1.59. The molecule has 10 nitrogen and oxygen atoms in total. The number of carbonyl (C=O) groups is 2. The summed E-state index contributed by atoms with van der Waals surface area (Å²) in [5, 5.41) is 18.6. The summed E-state index contributed by atoms with van der Waals surface area (Å²) < 4.78 is 7.02. The van der Waals surface area contributed by atoms with Gasteiger partial charge >= 0.3 is 5.97 Å². The van der Waals surface area contributed by atoms with Crippen molar-refractivity contribution in [2.75, 3.05) is 11.9 Å². The van der Waals surface area contributed by atoms with Crippen LogP contribution in [0.25, 0.3) is 22.3 Å². The van der Waals surface area contributed by atoms with Gasteiger partial charge in [-0.2, -0.15) is 5.10 Å². The summed E-state index contributed by atoms with van der Waals surface area (Å²) >= 11 is 0. The third kappa shape index (κ3) is 4.86. The lowest BCUT2D eigenvalue weighted by Crippen LogP contribution is -2.21. The Hall–Kier alpha value is -4.60. The molecule has 0 bridgehead atoms. The second kappa shape index (κ2) is 9.72. The number of ether oxygens (including phenoxy) is 1. The standard InChI is InChI=1S/C25H23N5O5/c1-15(2)29-24-19(13-26-29)18(12-21(28-24)17-8-5-4-6-9-17)25(32)35-14-23(31)27-20-10-7-11-22(16(20)3)30(33)34/h4-13,15H,14H2,1-3H3,(H,27,31). The van der Waals surface area contributed by atoms with E-state index < -0.39 is 23.4 Å². The minimum atomic E-state index is -0.705. The van der Waals surface area contributed by atoms with Gasteiger partial charge in [0.25, 0.3) is 11.6 Å². The first-order valence-electron chi connectivity index (χ1n) is 10.9. The molecular formula is C25H23N5O5. The molecule has 0 aliphatic rings. The number of esters is 1. The Bertz CT molecular complexity index is 1430. The average Bonchev–Trinajstić information content (AvgIpc) is 3.28. The van der Waals surface area contributed by atoms with E-state index in [1.54, 1.807) is 23.0 Å². The van der Waals surface area contributed by atoms with Crippen molar-refractivity contribution in [3.8, 4) is 11.3 Å². The largest absolute Gasteiger partial charge is 0.452 e. The third-order valence-corrected chi connectivity index (χ3v) is 5.46. The molecule has 2 aromatic heterocycles. The number of hydrogen-bond acceptors (Lipinski definition) is 7. The van der Waals surface area contributed by atoms with Gasteiger partial charge in [-0.25, -0.2) is 14.5 Å². The molecule has 2 aromatic carbocycles. The number of benzene rings is 2. The number of rotatable bonds is 7. The van der Waals surface area contributed by atoms with Crippen LogP contribution >= 0.6 is 0 Å². The maximum absolute atomic E-state index is 13.0. The first-order chi connectivity index (χ1) is 16.8. The van der Waals surface area contributed by atoms with Gasteiger partial charge in [-0.15, -0.1) is 0 Å². The van der Waals surface area contributed by atoms with Crippen LogP contribution in [0.15, 0.2) is 60.8 Å². The van der Waals surface area contributed by atoms with Crippen LogP contribution in [-0.2, 0) is 9.53 Å². The fourth-order valence-electron chi connectivity index (χ4n) is 3.67. The molecule has 0 saturated carbocycles. The number of pyridine rings is 1. The Kier molecular flexibility index (Phi) is 6.54. The Morgan fingerprint density at radius 1 is 1.14 bits per heavy atom. The van der Waals surface area contributed by atoms with Gasteiger partial charge in [-0.1, -0.05) is 36.4 Å². The molecule has 4 aromatic rings. The number of anilines is 1. The van der Waals surface area contributed by atoms with Crippen molar-refractivity contribution in [2.24, 2.45) is 0 Å². The molecule has 1 N–H and O–H groups in total. The van der Waals surface area contributed by atoms with Crippen molar-refractivity contribution in [2.45, 2.75) is 26.8 Å². The molecule has 178 valence electrons. The fraction of sp³-hybridized carbons (Fsp3) is 0.200. The predicted octanol–water partition coefficient (Wildman–Crippen LogP) is 4.69. The maximum Gasteiger partial charge on any atom is 0.339 e. The van der Waals surface area contributed by atoms with E-state index in [2.05, 4.69) is 10.4 Å². The van der Waals surface area contributed by atoms with Gasteiger partial charge in [0.2, 0.25) is 0 Å². The molecule has 1 amide bonds. The fourth-order valence-corrected chi connectivity index (χ4v) is 3.67. The van der Waals surface area contributed by atoms with E-state index in [4.69, 9.17) is 9.72 Å². The zero-order chi connectivity index (χ0) is 25.1. The molecule has 0 aliphatic carbocycles. The molecule has 0 aliphatic heterocycles. The van der Waals surface area contributed by atoms with Gasteiger partial charge in [0.05, 0.1) is 39.0 Å². The second-order valence-corrected chi connectivity index (χ2v) is 8.17. The highest BCUT2D eigenvalue weighted by molar-refractivity contribution is 6.05. The quantitative estimate of drug-likeness (QED) is 0.234. The molecule has 35 heavy (non-hydrogen) atoms. The van der Waals surface area contributed by atoms with Crippen molar-refractivity contribution < 1.29 is 19.2 Å². The van der Waals surface area contributed by atoms with E-state index in [0.29, 0.717) is 22.3 Å². The molecule has 0 unspecified atom stereocenters. The summed E-state index contributed by atoms with van der Waals surface area (Å²) in [6.45, 7) is 4.89. The van der Waals surface area contributed by atoms with Gasteiger partial charge in [-0.3, -0.25) is 14.9 Å². The summed E-state index contributed by atoms with van der Waals surface area (Å²) in [6, 6.07) is 15.4. The normalized spacial score (nSPS) is 11.0. The summed E-state index contributed by atoms with van der Waals surface area (Å²) in [6.07, 6.45) is 1.56. The lowest BCUT2D eigenvalue weighted by atomic mass is 10.1. The predicted molar refractivity (Wildman–Crippen MR) is 130 cm³/mol. The van der Waals surface area contributed by atoms with E-state index in [9.17, 15) is 19.7 Å². The third-order valence-electron chi connectivity index (χ3n) is 5.46. The monoisotopic (exact) mass is 473 g/mol. The summed E-state index contributed by atoms with van der Waals surface area (Å²) in [5.41, 5.74) is 2.63. The number of fused-ring (bicyclic) bond motifs is 1. The molecule has 0 radical (unpaired) electrons. The molecular weight excluding hydrogens is 450 g/mol. The van der Waals surface area contributed by atoms with Crippen molar-refractivity contribution in [3.63, 3.8) is 0 Å². The van der Waals surface area contributed by atoms with Crippen LogP contribution in [0, 0.1) is 17.0 Å². The SMILES string of the molecule is Cc1c(NC(=O)COC(=O)c2cc(-c3ccccc3)nc3c2cnn3C(C)C)cccc1[N+](=O)[O-]. The number of carbonyl (C=O) groups excluding carboxylic acids is 2. The first kappa shape index (κ1) is 23.6. The molecule has 10 heteroatoms. The Morgan fingerprint density at radius 2 is 1.89 bits per heavy atom. The van der Waals surface area contributed by atoms with Crippen LogP contribution < -0.4 is 5.32 Å². The number of nitro benzene ring substituents is 1. The number of nitrogens with one attached hydrogen (secondary N) is 1. The van der Waals surface area contributed by atoms with Crippen LogP contribution in [0.3, 0.4) is 0 Å². The lowest BCUT2D eigenvalue weighted by molar-refractivity contribution is -0.385. The molecule has 2 heterocycles. The summed E-state index contributed by atoms with van der Waals surface area (Å²) in [4.78, 5) is 40.8. The van der Waals surface area contributed by atoms with Gasteiger partial charge in [0, 0.05) is 17.7 Å². The lowest BCUT2D eigenvalue weighted by Gasteiger charge is -2.11. The van der Waals surface area contributed by atoms with E-state index in [0.717, 1.165) is 5.56 Å². The van der Waals surface area contributed by atoms with E-state index in [1.165, 1.54) is 19.1 Å². The maximum atomic E-state index is 13.0. The zero-order valence-electron chi connectivity index (χ0n) is 19.4. The summed E-state index contributed by atoms with van der Waals surface area (Å²) in [7, 11) is 0. The highest BCUT2D eigenvalue weighted by Crippen LogP contribution is 2.27. The van der Waals surface area contributed by atoms with Crippen LogP contribution in [0.1, 0.15) is 35.8 Å². The average molecular weight is 473 g/mol. The molecule has 0 atom stereocenters. The van der Waals surface area contributed by atoms with E-state index >= 15 is 0 Å². The van der Waals surface area contributed by atoms with Crippen LogP contribution in [0.2, 0.25) is 0 Å². The molecule has 0 spiro atoms. The number of nitro groups is 1. The van der Waals surface area contributed by atoms with Crippen molar-refractivity contribution in [1.29, 1.82) is 0 Å². The number of amides is 1. The van der Waals surface area contributed by atoms with Crippen molar-refractivity contribution in [3.05, 3.63) is 82.0 Å². The number of nitrogens with zero attached hydrogens (tertiary/aromatic N) is 4.